The number of amides is 1. The maximum atomic E-state index is 14.2. The van der Waals surface area contributed by atoms with Gasteiger partial charge in [-0.1, -0.05) is 76.2 Å². The Labute approximate surface area is 207 Å². The predicted octanol–water partition coefficient (Wildman–Crippen LogP) is 5.08. The first kappa shape index (κ1) is 26.6. The summed E-state index contributed by atoms with van der Waals surface area (Å²) in [6, 6.07) is 15.3. The summed E-state index contributed by atoms with van der Waals surface area (Å²) in [4.78, 5) is 19.0. The highest BCUT2D eigenvalue weighted by Gasteiger charge is 2.27. The number of imidazole rings is 1. The first-order valence-corrected chi connectivity index (χ1v) is 13.5. The Hall–Kier alpha value is -3.00. The van der Waals surface area contributed by atoms with Gasteiger partial charge in [-0.15, -0.1) is 0 Å². The van der Waals surface area contributed by atoms with Crippen molar-refractivity contribution < 1.29 is 17.6 Å². The van der Waals surface area contributed by atoms with Gasteiger partial charge >= 0.3 is 0 Å². The molecular weight excluding hydrogens is 465 g/mol. The van der Waals surface area contributed by atoms with Crippen LogP contribution in [-0.2, 0) is 33.5 Å². The quantitative estimate of drug-likeness (QED) is 0.369. The number of nitrogens with zero attached hydrogens (tertiary/aromatic N) is 3. The van der Waals surface area contributed by atoms with E-state index in [1.165, 1.54) is 24.4 Å². The largest absolute Gasteiger partial charge is 0.337 e. The van der Waals surface area contributed by atoms with Crippen molar-refractivity contribution in [2.45, 2.75) is 58.1 Å². The van der Waals surface area contributed by atoms with Gasteiger partial charge in [0, 0.05) is 18.5 Å². The summed E-state index contributed by atoms with van der Waals surface area (Å²) < 4.78 is 42.7. The van der Waals surface area contributed by atoms with Crippen molar-refractivity contribution in [3.05, 3.63) is 83.4 Å². The minimum absolute atomic E-state index is 0.0249. The van der Waals surface area contributed by atoms with E-state index >= 15 is 0 Å². The van der Waals surface area contributed by atoms with E-state index in [1.54, 1.807) is 15.5 Å². The van der Waals surface area contributed by atoms with E-state index in [4.69, 9.17) is 0 Å². The number of sulfone groups is 1. The van der Waals surface area contributed by atoms with Crippen molar-refractivity contribution in [1.29, 1.82) is 0 Å². The molecule has 0 aliphatic heterocycles. The number of hydrogen-bond donors (Lipinski definition) is 0. The first-order chi connectivity index (χ1) is 16.6. The molecule has 0 fully saturated rings. The summed E-state index contributed by atoms with van der Waals surface area (Å²) in [6.45, 7) is 9.16. The number of aromatic nitrogens is 2. The van der Waals surface area contributed by atoms with Crippen molar-refractivity contribution in [2.24, 2.45) is 11.8 Å². The Bertz CT molecular complexity index is 1240. The van der Waals surface area contributed by atoms with Gasteiger partial charge in [0.25, 0.3) is 0 Å². The maximum absolute atomic E-state index is 14.2. The minimum atomic E-state index is -3.96. The number of rotatable bonds is 11. The number of hydrogen-bond acceptors (Lipinski definition) is 4. The summed E-state index contributed by atoms with van der Waals surface area (Å²) in [5.74, 6) is -0.576. The second kappa shape index (κ2) is 11.6. The van der Waals surface area contributed by atoms with E-state index in [9.17, 15) is 17.6 Å². The van der Waals surface area contributed by atoms with Gasteiger partial charge in [0.15, 0.2) is 0 Å². The highest BCUT2D eigenvalue weighted by Crippen LogP contribution is 2.22. The van der Waals surface area contributed by atoms with Crippen LogP contribution in [0.25, 0.3) is 0 Å². The van der Waals surface area contributed by atoms with E-state index in [0.29, 0.717) is 18.7 Å². The van der Waals surface area contributed by atoms with Crippen LogP contribution in [0.1, 0.15) is 50.9 Å². The lowest BCUT2D eigenvalue weighted by molar-refractivity contribution is -0.133. The SMILES string of the molecule is CC(C)CC(=O)N(Cc1cnc(S(=O)(=O)Cc2ccccc2F)n1Cc1ccccc1)CC(C)C. The summed E-state index contributed by atoms with van der Waals surface area (Å²) in [5, 5.41) is -0.125. The minimum Gasteiger partial charge on any atom is -0.337 e. The van der Waals surface area contributed by atoms with Crippen molar-refractivity contribution in [3.8, 4) is 0 Å². The molecule has 0 N–H and O–H groups in total. The molecular formula is C27H34FN3O3S. The second-order valence-corrected chi connectivity index (χ2v) is 11.6. The standard InChI is InChI=1S/C27H34FN3O3S/c1-20(2)14-26(32)30(16-21(3)4)18-24-15-29-27(31(24)17-22-10-6-5-7-11-22)35(33,34)19-23-12-8-9-13-25(23)28/h5-13,15,20-21H,14,16-19H2,1-4H3. The molecule has 0 aliphatic rings. The molecule has 0 unspecified atom stereocenters. The molecule has 188 valence electrons. The molecule has 0 aliphatic carbocycles. The van der Waals surface area contributed by atoms with Crippen LogP contribution in [0.2, 0.25) is 0 Å². The Morgan fingerprint density at radius 2 is 1.66 bits per heavy atom. The molecule has 1 heterocycles. The average molecular weight is 500 g/mol. The van der Waals surface area contributed by atoms with Gasteiger partial charge < -0.3 is 9.47 Å². The molecule has 0 spiro atoms. The molecule has 3 rings (SSSR count). The molecule has 0 bridgehead atoms. The summed E-state index contributed by atoms with van der Waals surface area (Å²) >= 11 is 0. The molecule has 1 amide bonds. The van der Waals surface area contributed by atoms with Gasteiger partial charge in [-0.25, -0.2) is 17.8 Å². The number of carbonyl (C=O) groups excluding carboxylic acids is 1. The maximum Gasteiger partial charge on any atom is 0.228 e. The third-order valence-electron chi connectivity index (χ3n) is 5.54. The molecule has 0 atom stereocenters. The van der Waals surface area contributed by atoms with Crippen LogP contribution >= 0.6 is 0 Å². The zero-order chi connectivity index (χ0) is 25.6. The van der Waals surface area contributed by atoms with Crippen LogP contribution < -0.4 is 0 Å². The van der Waals surface area contributed by atoms with E-state index < -0.39 is 21.4 Å². The van der Waals surface area contributed by atoms with Gasteiger partial charge in [0.1, 0.15) is 5.82 Å². The van der Waals surface area contributed by atoms with E-state index in [2.05, 4.69) is 4.98 Å². The normalized spacial score (nSPS) is 11.9. The average Bonchev–Trinajstić information content (AvgIpc) is 3.18. The molecule has 3 aromatic rings. The Morgan fingerprint density at radius 1 is 1.00 bits per heavy atom. The van der Waals surface area contributed by atoms with Gasteiger partial charge in [-0.05, 0) is 23.5 Å². The van der Waals surface area contributed by atoms with Crippen molar-refractivity contribution in [3.63, 3.8) is 0 Å². The summed E-state index contributed by atoms with van der Waals surface area (Å²) in [7, 11) is -3.96. The zero-order valence-electron chi connectivity index (χ0n) is 20.8. The Morgan fingerprint density at radius 3 is 2.29 bits per heavy atom. The monoisotopic (exact) mass is 499 g/mol. The fourth-order valence-corrected chi connectivity index (χ4v) is 5.46. The van der Waals surface area contributed by atoms with Crippen LogP contribution in [0.5, 0.6) is 0 Å². The molecule has 8 heteroatoms. The van der Waals surface area contributed by atoms with Crippen LogP contribution in [0, 0.1) is 17.7 Å². The van der Waals surface area contributed by atoms with Crippen molar-refractivity contribution in [2.75, 3.05) is 6.54 Å². The van der Waals surface area contributed by atoms with Crippen LogP contribution in [0.3, 0.4) is 0 Å². The number of halogens is 1. The van der Waals surface area contributed by atoms with E-state index in [0.717, 1.165) is 5.56 Å². The molecule has 1 aromatic heterocycles. The molecule has 6 nitrogen and oxygen atoms in total. The topological polar surface area (TPSA) is 72.3 Å². The second-order valence-electron chi connectivity index (χ2n) is 9.72. The van der Waals surface area contributed by atoms with Crippen molar-refractivity contribution in [1.82, 2.24) is 14.5 Å². The van der Waals surface area contributed by atoms with Gasteiger partial charge in [-0.3, -0.25) is 4.79 Å². The van der Waals surface area contributed by atoms with Crippen LogP contribution in [-0.4, -0.2) is 35.3 Å². The van der Waals surface area contributed by atoms with Crippen LogP contribution in [0.4, 0.5) is 4.39 Å². The molecule has 2 aromatic carbocycles. The third-order valence-corrected chi connectivity index (χ3v) is 7.11. The van der Waals surface area contributed by atoms with Gasteiger partial charge in [-0.2, -0.15) is 0 Å². The zero-order valence-corrected chi connectivity index (χ0v) is 21.6. The molecule has 0 radical (unpaired) electrons. The Balaban J connectivity index is 2.01. The predicted molar refractivity (Wildman–Crippen MR) is 135 cm³/mol. The lowest BCUT2D eigenvalue weighted by Gasteiger charge is -2.26. The number of carbonyl (C=O) groups is 1. The van der Waals surface area contributed by atoms with Gasteiger partial charge in [0.05, 0.1) is 30.7 Å². The Kier molecular flexibility index (Phi) is 8.83. The summed E-state index contributed by atoms with van der Waals surface area (Å²) in [6.07, 6.45) is 1.94. The highest BCUT2D eigenvalue weighted by molar-refractivity contribution is 7.90. The lowest BCUT2D eigenvalue weighted by Crippen LogP contribution is -2.35. The van der Waals surface area contributed by atoms with E-state index in [1.807, 2.05) is 58.0 Å². The summed E-state index contributed by atoms with van der Waals surface area (Å²) in [5.41, 5.74) is 1.62. The fraction of sp³-hybridized carbons (Fsp3) is 0.407. The lowest BCUT2D eigenvalue weighted by atomic mass is 10.1. The van der Waals surface area contributed by atoms with E-state index in [-0.39, 0.29) is 41.6 Å². The first-order valence-electron chi connectivity index (χ1n) is 11.9. The smallest absolute Gasteiger partial charge is 0.228 e. The molecule has 35 heavy (non-hydrogen) atoms. The fourth-order valence-electron chi connectivity index (χ4n) is 3.96. The molecule has 0 saturated carbocycles. The van der Waals surface area contributed by atoms with Crippen LogP contribution in [0.15, 0.2) is 66.0 Å². The number of benzene rings is 2. The molecule has 0 saturated heterocycles. The van der Waals surface area contributed by atoms with Gasteiger partial charge in [0.2, 0.25) is 20.9 Å². The highest BCUT2D eigenvalue weighted by atomic mass is 32.2. The third kappa shape index (κ3) is 7.24. The van der Waals surface area contributed by atoms with Crippen molar-refractivity contribution >= 4 is 15.7 Å².